The summed E-state index contributed by atoms with van der Waals surface area (Å²) in [6.07, 6.45) is 5.67. The van der Waals surface area contributed by atoms with E-state index in [1.54, 1.807) is 12.3 Å². The van der Waals surface area contributed by atoms with Crippen molar-refractivity contribution < 1.29 is 14.6 Å². The Balaban J connectivity index is 1.81. The van der Waals surface area contributed by atoms with Gasteiger partial charge >= 0.3 is 6.16 Å². The molecule has 0 atom stereocenters. The SMILES string of the molecule is CCCCc1nc(CC(C)C)nn1Cc1ccc(-c2ccncc2OC(=O)O)cc1. The minimum Gasteiger partial charge on any atom is -0.449 e. The Morgan fingerprint density at radius 3 is 2.63 bits per heavy atom. The monoisotopic (exact) mass is 408 g/mol. The van der Waals surface area contributed by atoms with E-state index in [-0.39, 0.29) is 5.75 Å². The molecule has 30 heavy (non-hydrogen) atoms. The molecule has 0 fully saturated rings. The van der Waals surface area contributed by atoms with Crippen LogP contribution in [0.2, 0.25) is 0 Å². The van der Waals surface area contributed by atoms with Crippen LogP contribution in [-0.4, -0.2) is 31.0 Å². The summed E-state index contributed by atoms with van der Waals surface area (Å²) in [4.78, 5) is 19.6. The van der Waals surface area contributed by atoms with Crippen LogP contribution in [0.25, 0.3) is 11.1 Å². The number of unbranched alkanes of at least 4 members (excludes halogenated alkanes) is 1. The van der Waals surface area contributed by atoms with Gasteiger partial charge in [0, 0.05) is 24.6 Å². The number of ether oxygens (including phenoxy) is 1. The van der Waals surface area contributed by atoms with Crippen LogP contribution in [0.1, 0.15) is 50.8 Å². The fourth-order valence-corrected chi connectivity index (χ4v) is 3.28. The summed E-state index contributed by atoms with van der Waals surface area (Å²) in [6, 6.07) is 9.70. The third-order valence-corrected chi connectivity index (χ3v) is 4.72. The van der Waals surface area contributed by atoms with Crippen LogP contribution in [0, 0.1) is 5.92 Å². The second-order valence-electron chi connectivity index (χ2n) is 7.74. The largest absolute Gasteiger partial charge is 0.511 e. The van der Waals surface area contributed by atoms with Crippen LogP contribution >= 0.6 is 0 Å². The first kappa shape index (κ1) is 21.5. The maximum atomic E-state index is 10.9. The Morgan fingerprint density at radius 1 is 1.20 bits per heavy atom. The summed E-state index contributed by atoms with van der Waals surface area (Å²) < 4.78 is 6.85. The molecule has 0 aliphatic carbocycles. The normalized spacial score (nSPS) is 11.1. The molecule has 2 heterocycles. The summed E-state index contributed by atoms with van der Waals surface area (Å²) in [5.41, 5.74) is 2.65. The highest BCUT2D eigenvalue weighted by atomic mass is 16.7. The van der Waals surface area contributed by atoms with E-state index in [9.17, 15) is 4.79 Å². The lowest BCUT2D eigenvalue weighted by molar-refractivity contribution is 0.144. The van der Waals surface area contributed by atoms with E-state index in [2.05, 4.69) is 25.8 Å². The van der Waals surface area contributed by atoms with Crippen LogP contribution in [0.15, 0.2) is 42.7 Å². The van der Waals surface area contributed by atoms with Crippen molar-refractivity contribution in [2.24, 2.45) is 5.92 Å². The predicted molar refractivity (Wildman–Crippen MR) is 115 cm³/mol. The van der Waals surface area contributed by atoms with Crippen LogP contribution in [0.4, 0.5) is 4.79 Å². The number of nitrogens with zero attached hydrogens (tertiary/aromatic N) is 4. The molecule has 3 rings (SSSR count). The van der Waals surface area contributed by atoms with Gasteiger partial charge in [-0.05, 0) is 29.5 Å². The molecule has 0 unspecified atom stereocenters. The molecule has 2 aromatic heterocycles. The summed E-state index contributed by atoms with van der Waals surface area (Å²) in [7, 11) is 0. The van der Waals surface area contributed by atoms with E-state index in [0.717, 1.165) is 48.5 Å². The molecule has 0 aliphatic rings. The maximum Gasteiger partial charge on any atom is 0.511 e. The number of aromatic nitrogens is 4. The molecule has 7 heteroatoms. The van der Waals surface area contributed by atoms with Crippen molar-refractivity contribution in [2.75, 3.05) is 0 Å². The van der Waals surface area contributed by atoms with Crippen LogP contribution in [0.5, 0.6) is 5.75 Å². The van der Waals surface area contributed by atoms with Gasteiger partial charge in [-0.25, -0.2) is 14.5 Å². The van der Waals surface area contributed by atoms with Crippen LogP contribution in [-0.2, 0) is 19.4 Å². The zero-order chi connectivity index (χ0) is 21.5. The van der Waals surface area contributed by atoms with Gasteiger partial charge in [0.15, 0.2) is 11.6 Å². The number of carbonyl (C=O) groups is 1. The highest BCUT2D eigenvalue weighted by Gasteiger charge is 2.13. The molecule has 0 amide bonds. The van der Waals surface area contributed by atoms with Crippen LogP contribution in [0.3, 0.4) is 0 Å². The van der Waals surface area contributed by atoms with Gasteiger partial charge in [0.2, 0.25) is 0 Å². The van der Waals surface area contributed by atoms with Gasteiger partial charge in [-0.2, -0.15) is 5.10 Å². The topological polar surface area (TPSA) is 90.1 Å². The second kappa shape index (κ2) is 10.0. The van der Waals surface area contributed by atoms with E-state index >= 15 is 0 Å². The average Bonchev–Trinajstić information content (AvgIpc) is 3.07. The zero-order valence-electron chi connectivity index (χ0n) is 17.7. The van der Waals surface area contributed by atoms with E-state index in [0.29, 0.717) is 18.0 Å². The summed E-state index contributed by atoms with van der Waals surface area (Å²) >= 11 is 0. The first-order valence-electron chi connectivity index (χ1n) is 10.3. The first-order valence-corrected chi connectivity index (χ1v) is 10.3. The van der Waals surface area contributed by atoms with Crippen molar-refractivity contribution in [3.63, 3.8) is 0 Å². The number of hydrogen-bond acceptors (Lipinski definition) is 5. The van der Waals surface area contributed by atoms with Gasteiger partial charge in [0.1, 0.15) is 5.82 Å². The summed E-state index contributed by atoms with van der Waals surface area (Å²) in [5, 5.41) is 13.7. The number of pyridine rings is 1. The Morgan fingerprint density at radius 2 is 1.97 bits per heavy atom. The molecule has 0 bridgehead atoms. The van der Waals surface area contributed by atoms with Crippen molar-refractivity contribution in [1.82, 2.24) is 19.7 Å². The molecule has 7 nitrogen and oxygen atoms in total. The molecule has 0 saturated heterocycles. The minimum absolute atomic E-state index is 0.217. The van der Waals surface area contributed by atoms with Gasteiger partial charge in [-0.3, -0.25) is 4.98 Å². The Labute approximate surface area is 176 Å². The van der Waals surface area contributed by atoms with E-state index in [1.807, 2.05) is 28.9 Å². The molecule has 0 saturated carbocycles. The Kier molecular flexibility index (Phi) is 7.17. The smallest absolute Gasteiger partial charge is 0.449 e. The Hall–Kier alpha value is -3.22. The fourth-order valence-electron chi connectivity index (χ4n) is 3.28. The molecule has 0 aliphatic heterocycles. The predicted octanol–water partition coefficient (Wildman–Crippen LogP) is 4.99. The molecule has 158 valence electrons. The molecule has 1 aromatic carbocycles. The zero-order valence-corrected chi connectivity index (χ0v) is 17.7. The lowest BCUT2D eigenvalue weighted by atomic mass is 10.0. The van der Waals surface area contributed by atoms with Gasteiger partial charge in [0.25, 0.3) is 0 Å². The number of carboxylic acid groups (broad SMARTS) is 1. The van der Waals surface area contributed by atoms with Gasteiger partial charge < -0.3 is 9.84 Å². The van der Waals surface area contributed by atoms with Gasteiger partial charge in [0.05, 0.1) is 12.7 Å². The lowest BCUT2D eigenvalue weighted by Crippen LogP contribution is -2.07. The van der Waals surface area contributed by atoms with Crippen molar-refractivity contribution in [3.05, 3.63) is 59.9 Å². The molecule has 3 aromatic rings. The minimum atomic E-state index is -1.36. The number of rotatable bonds is 9. The number of aryl methyl sites for hydroxylation is 1. The van der Waals surface area contributed by atoms with E-state index in [1.165, 1.54) is 6.20 Å². The molecule has 1 N–H and O–H groups in total. The molecule has 0 radical (unpaired) electrons. The summed E-state index contributed by atoms with van der Waals surface area (Å²) in [6.45, 7) is 7.17. The summed E-state index contributed by atoms with van der Waals surface area (Å²) in [5.74, 6) is 2.67. The highest BCUT2D eigenvalue weighted by molar-refractivity contribution is 5.73. The number of hydrogen-bond donors (Lipinski definition) is 1. The van der Waals surface area contributed by atoms with E-state index < -0.39 is 6.16 Å². The standard InChI is InChI=1S/C23H28N4O3/c1-4-5-6-22-25-21(13-16(2)3)26-27(22)15-17-7-9-18(10-8-17)19-11-12-24-14-20(19)30-23(28)29/h7-12,14,16H,4-6,13,15H2,1-3H3,(H,28,29). The average molecular weight is 409 g/mol. The fraction of sp³-hybridized carbons (Fsp3) is 0.391. The second-order valence-corrected chi connectivity index (χ2v) is 7.74. The Bertz CT molecular complexity index is 980. The van der Waals surface area contributed by atoms with Crippen molar-refractivity contribution in [1.29, 1.82) is 0 Å². The van der Waals surface area contributed by atoms with Crippen molar-refractivity contribution in [2.45, 2.75) is 53.0 Å². The van der Waals surface area contributed by atoms with Crippen LogP contribution < -0.4 is 4.74 Å². The third-order valence-electron chi connectivity index (χ3n) is 4.72. The highest BCUT2D eigenvalue weighted by Crippen LogP contribution is 2.29. The quantitative estimate of drug-likeness (QED) is 0.502. The van der Waals surface area contributed by atoms with E-state index in [4.69, 9.17) is 19.9 Å². The third kappa shape index (κ3) is 5.65. The van der Waals surface area contributed by atoms with Crippen molar-refractivity contribution in [3.8, 4) is 16.9 Å². The number of benzene rings is 1. The first-order chi connectivity index (χ1) is 14.5. The lowest BCUT2D eigenvalue weighted by Gasteiger charge is -2.09. The van der Waals surface area contributed by atoms with Gasteiger partial charge in [-0.15, -0.1) is 0 Å². The maximum absolute atomic E-state index is 10.9. The van der Waals surface area contributed by atoms with Gasteiger partial charge in [-0.1, -0.05) is 51.5 Å². The molecular formula is C23H28N4O3. The molecular weight excluding hydrogens is 380 g/mol. The molecule has 0 spiro atoms. The van der Waals surface area contributed by atoms with Crippen molar-refractivity contribution >= 4 is 6.16 Å².